The van der Waals surface area contributed by atoms with E-state index < -0.39 is 0 Å². The minimum atomic E-state index is 1.30. The summed E-state index contributed by atoms with van der Waals surface area (Å²) in [5.74, 6) is 0. The van der Waals surface area contributed by atoms with Gasteiger partial charge >= 0.3 is 0 Å². The van der Waals surface area contributed by atoms with Gasteiger partial charge in [-0.2, -0.15) is 0 Å². The summed E-state index contributed by atoms with van der Waals surface area (Å²) in [7, 11) is 0. The van der Waals surface area contributed by atoms with Crippen LogP contribution in [0.4, 0.5) is 0 Å². The predicted octanol–water partition coefficient (Wildman–Crippen LogP) is 9.83. The van der Waals surface area contributed by atoms with E-state index in [4.69, 9.17) is 0 Å². The summed E-state index contributed by atoms with van der Waals surface area (Å²) in [6.07, 6.45) is 0. The quantitative estimate of drug-likeness (QED) is 0.249. The lowest BCUT2D eigenvalue weighted by Gasteiger charge is -1.97. The van der Waals surface area contributed by atoms with Crippen molar-refractivity contribution in [2.75, 3.05) is 0 Å². The average molecular weight is 463 g/mol. The van der Waals surface area contributed by atoms with Crippen molar-refractivity contribution in [3.8, 4) is 39.7 Å². The van der Waals surface area contributed by atoms with Crippen molar-refractivity contribution >= 4 is 45.3 Å². The Morgan fingerprint density at radius 3 is 1.57 bits per heavy atom. The average Bonchev–Trinajstić information content (AvgIpc) is 3.48. The Kier molecular flexibility index (Phi) is 5.28. The molecule has 0 atom stereocenters. The van der Waals surface area contributed by atoms with Crippen LogP contribution in [0.25, 0.3) is 39.7 Å². The molecular formula is C26H22S4. The zero-order valence-electron chi connectivity index (χ0n) is 17.4. The lowest BCUT2D eigenvalue weighted by molar-refractivity contribution is 1.47. The van der Waals surface area contributed by atoms with Gasteiger partial charge in [-0.25, -0.2) is 0 Å². The van der Waals surface area contributed by atoms with Crippen LogP contribution in [0.5, 0.6) is 0 Å². The van der Waals surface area contributed by atoms with Crippen LogP contribution in [0.15, 0.2) is 60.7 Å². The number of benzene rings is 1. The second-order valence-corrected chi connectivity index (χ2v) is 12.2. The van der Waals surface area contributed by atoms with Crippen LogP contribution in [-0.4, -0.2) is 0 Å². The van der Waals surface area contributed by atoms with Crippen molar-refractivity contribution in [1.29, 1.82) is 0 Å². The molecular weight excluding hydrogens is 441 g/mol. The first-order valence-electron chi connectivity index (χ1n) is 9.93. The SMILES string of the molecule is Cc1ccc(-c2cc(C)c(-c3ccc(-c4ccc(-c5sc(C)cc5C)s4)s3)s2)cc1. The van der Waals surface area contributed by atoms with Gasteiger partial charge in [-0.3, -0.25) is 0 Å². The molecule has 0 aliphatic rings. The summed E-state index contributed by atoms with van der Waals surface area (Å²) in [6, 6.07) is 22.6. The maximum absolute atomic E-state index is 2.33. The fraction of sp³-hybridized carbons (Fsp3) is 0.154. The highest BCUT2D eigenvalue weighted by atomic mass is 32.1. The van der Waals surface area contributed by atoms with E-state index in [1.807, 2.05) is 45.3 Å². The summed E-state index contributed by atoms with van der Waals surface area (Å²) < 4.78 is 0. The molecule has 0 unspecified atom stereocenters. The lowest BCUT2D eigenvalue weighted by Crippen LogP contribution is -1.73. The third-order valence-corrected chi connectivity index (χ3v) is 10.4. The third kappa shape index (κ3) is 3.74. The topological polar surface area (TPSA) is 0 Å². The summed E-state index contributed by atoms with van der Waals surface area (Å²) >= 11 is 7.61. The molecule has 0 saturated heterocycles. The van der Waals surface area contributed by atoms with Gasteiger partial charge < -0.3 is 0 Å². The van der Waals surface area contributed by atoms with Crippen molar-refractivity contribution < 1.29 is 0 Å². The molecule has 0 radical (unpaired) electrons. The molecule has 0 nitrogen and oxygen atoms in total. The van der Waals surface area contributed by atoms with Gasteiger partial charge in [-0.15, -0.1) is 45.3 Å². The number of hydrogen-bond donors (Lipinski definition) is 0. The minimum Gasteiger partial charge on any atom is -0.139 e. The van der Waals surface area contributed by atoms with E-state index in [1.165, 1.54) is 61.3 Å². The van der Waals surface area contributed by atoms with Crippen LogP contribution >= 0.6 is 45.3 Å². The first-order valence-corrected chi connectivity index (χ1v) is 13.2. The summed E-state index contributed by atoms with van der Waals surface area (Å²) in [5.41, 5.74) is 5.36. The third-order valence-electron chi connectivity index (χ3n) is 5.20. The molecule has 1 aromatic carbocycles. The van der Waals surface area contributed by atoms with Gasteiger partial charge in [0.2, 0.25) is 0 Å². The van der Waals surface area contributed by atoms with E-state index in [1.54, 1.807) is 0 Å². The fourth-order valence-electron chi connectivity index (χ4n) is 3.66. The number of thiophene rings is 4. The van der Waals surface area contributed by atoms with Gasteiger partial charge in [0.05, 0.1) is 0 Å². The van der Waals surface area contributed by atoms with Gasteiger partial charge in [0.1, 0.15) is 0 Å². The summed E-state index contributed by atoms with van der Waals surface area (Å²) in [4.78, 5) is 11.0. The van der Waals surface area contributed by atoms with Crippen molar-refractivity contribution in [2.45, 2.75) is 27.7 Å². The Bertz CT molecular complexity index is 1320. The molecule has 5 aromatic rings. The largest absolute Gasteiger partial charge is 0.139 e. The van der Waals surface area contributed by atoms with Crippen molar-refractivity contribution in [2.24, 2.45) is 0 Å². The first-order chi connectivity index (χ1) is 14.5. The highest BCUT2D eigenvalue weighted by Gasteiger charge is 2.15. The Hall–Kier alpha value is -1.98. The van der Waals surface area contributed by atoms with E-state index >= 15 is 0 Å². The molecule has 4 heterocycles. The Morgan fingerprint density at radius 1 is 0.467 bits per heavy atom. The highest BCUT2D eigenvalue weighted by molar-refractivity contribution is 7.29. The molecule has 0 bridgehead atoms. The Morgan fingerprint density at radius 2 is 1.00 bits per heavy atom. The van der Waals surface area contributed by atoms with Crippen molar-refractivity contribution in [1.82, 2.24) is 0 Å². The van der Waals surface area contributed by atoms with Gasteiger partial charge in [0.15, 0.2) is 0 Å². The number of hydrogen-bond acceptors (Lipinski definition) is 4. The second kappa shape index (κ2) is 7.93. The molecule has 0 fully saturated rings. The lowest BCUT2D eigenvalue weighted by atomic mass is 10.1. The van der Waals surface area contributed by atoms with Crippen LogP contribution in [0.2, 0.25) is 0 Å². The van der Waals surface area contributed by atoms with Gasteiger partial charge in [0.25, 0.3) is 0 Å². The molecule has 0 saturated carbocycles. The molecule has 0 amide bonds. The van der Waals surface area contributed by atoms with Crippen LogP contribution < -0.4 is 0 Å². The fourth-order valence-corrected chi connectivity index (χ4v) is 8.31. The smallest absolute Gasteiger partial charge is 0.0478 e. The van der Waals surface area contributed by atoms with Crippen molar-refractivity contribution in [3.63, 3.8) is 0 Å². The maximum atomic E-state index is 2.33. The standard InChI is InChI=1S/C26H22S4/c1-15-5-7-19(8-6-15)24-14-17(3)26(30-24)23-12-10-21(29-23)20-9-11-22(28-20)25-16(2)13-18(4)27-25/h5-14H,1-4H3. The molecule has 4 aromatic heterocycles. The van der Waals surface area contributed by atoms with Crippen LogP contribution in [0, 0.1) is 27.7 Å². The zero-order valence-corrected chi connectivity index (χ0v) is 20.7. The van der Waals surface area contributed by atoms with Crippen LogP contribution in [0.1, 0.15) is 21.6 Å². The molecule has 150 valence electrons. The monoisotopic (exact) mass is 462 g/mol. The van der Waals surface area contributed by atoms with E-state index in [9.17, 15) is 0 Å². The highest BCUT2D eigenvalue weighted by Crippen LogP contribution is 2.45. The van der Waals surface area contributed by atoms with Crippen LogP contribution in [0.3, 0.4) is 0 Å². The van der Waals surface area contributed by atoms with E-state index in [-0.39, 0.29) is 0 Å². The Balaban J connectivity index is 1.45. The number of aryl methyl sites for hydroxylation is 4. The maximum Gasteiger partial charge on any atom is 0.0478 e. The van der Waals surface area contributed by atoms with Gasteiger partial charge in [-0.05, 0) is 80.8 Å². The summed E-state index contributed by atoms with van der Waals surface area (Å²) in [5, 5.41) is 0. The summed E-state index contributed by atoms with van der Waals surface area (Å²) in [6.45, 7) is 8.77. The first kappa shape index (κ1) is 20.0. The molecule has 5 rings (SSSR count). The molecule has 0 N–H and O–H groups in total. The van der Waals surface area contributed by atoms with Gasteiger partial charge in [0, 0.05) is 39.0 Å². The van der Waals surface area contributed by atoms with Crippen molar-refractivity contribution in [3.05, 3.63) is 82.2 Å². The van der Waals surface area contributed by atoms with Gasteiger partial charge in [-0.1, -0.05) is 29.8 Å². The molecule has 0 aliphatic carbocycles. The van der Waals surface area contributed by atoms with E-state index in [2.05, 4.69) is 88.4 Å². The van der Waals surface area contributed by atoms with E-state index in [0.29, 0.717) is 0 Å². The zero-order chi connectivity index (χ0) is 20.8. The Labute approximate surface area is 194 Å². The van der Waals surface area contributed by atoms with Crippen LogP contribution in [-0.2, 0) is 0 Å². The molecule has 30 heavy (non-hydrogen) atoms. The molecule has 0 spiro atoms. The van der Waals surface area contributed by atoms with E-state index in [0.717, 1.165) is 0 Å². The second-order valence-electron chi connectivity index (χ2n) is 7.69. The number of rotatable bonds is 4. The predicted molar refractivity (Wildman–Crippen MR) is 139 cm³/mol. The molecule has 4 heteroatoms. The normalized spacial score (nSPS) is 11.3. The minimum absolute atomic E-state index is 1.30. The molecule has 0 aliphatic heterocycles.